The number of carbonyl (C=O) groups is 2. The van der Waals surface area contributed by atoms with Gasteiger partial charge < -0.3 is 10.1 Å². The zero-order valence-corrected chi connectivity index (χ0v) is 19.5. The molecule has 1 N–H and O–H groups in total. The highest BCUT2D eigenvalue weighted by Gasteiger charge is 2.40. The Morgan fingerprint density at radius 3 is 2.42 bits per heavy atom. The second-order valence-electron chi connectivity index (χ2n) is 7.31. The van der Waals surface area contributed by atoms with E-state index in [0.717, 1.165) is 11.3 Å². The van der Waals surface area contributed by atoms with Crippen molar-refractivity contribution < 1.29 is 14.3 Å². The minimum absolute atomic E-state index is 0.103. The normalized spacial score (nSPS) is 16.2. The van der Waals surface area contributed by atoms with Crippen molar-refractivity contribution in [2.45, 2.75) is 18.2 Å². The molecule has 0 aliphatic carbocycles. The molecule has 1 aliphatic rings. The number of halogens is 1. The molecule has 0 spiro atoms. The van der Waals surface area contributed by atoms with E-state index >= 15 is 0 Å². The first kappa shape index (κ1) is 22.9. The number of thioether (sulfide) groups is 1. The number of amides is 2. The Balaban J connectivity index is 1.53. The van der Waals surface area contributed by atoms with E-state index in [-0.39, 0.29) is 18.2 Å². The summed E-state index contributed by atoms with van der Waals surface area (Å²) in [6, 6.07) is 23.9. The first-order valence-electron chi connectivity index (χ1n) is 10.3. The van der Waals surface area contributed by atoms with Crippen molar-refractivity contribution >= 4 is 51.7 Å². The van der Waals surface area contributed by atoms with Crippen LogP contribution in [0.5, 0.6) is 5.75 Å². The van der Waals surface area contributed by atoms with E-state index in [1.807, 2.05) is 54.6 Å². The minimum atomic E-state index is -0.570. The lowest BCUT2D eigenvalue weighted by atomic mass is 10.2. The number of para-hydroxylation sites is 1. The summed E-state index contributed by atoms with van der Waals surface area (Å²) in [6.07, 6.45) is 0.103. The molecule has 1 heterocycles. The number of benzene rings is 3. The van der Waals surface area contributed by atoms with Gasteiger partial charge in [0, 0.05) is 17.1 Å². The zero-order chi connectivity index (χ0) is 23.2. The number of ether oxygens (including phenoxy) is 1. The van der Waals surface area contributed by atoms with Crippen molar-refractivity contribution in [3.63, 3.8) is 0 Å². The van der Waals surface area contributed by atoms with Gasteiger partial charge in [0.05, 0.1) is 19.3 Å². The summed E-state index contributed by atoms with van der Waals surface area (Å²) in [5.41, 5.74) is 2.37. The van der Waals surface area contributed by atoms with Crippen molar-refractivity contribution in [3.8, 4) is 5.75 Å². The van der Waals surface area contributed by atoms with Gasteiger partial charge in [-0.05, 0) is 54.1 Å². The summed E-state index contributed by atoms with van der Waals surface area (Å²) in [6.45, 7) is 0.413. The molecule has 0 radical (unpaired) electrons. The first-order valence-corrected chi connectivity index (χ1v) is 11.6. The fraction of sp³-hybridized carbons (Fsp3) is 0.160. The third-order valence-electron chi connectivity index (χ3n) is 5.03. The van der Waals surface area contributed by atoms with Crippen LogP contribution in [0.25, 0.3) is 0 Å². The number of hydrogen-bond donors (Lipinski definition) is 1. The molecule has 1 atom stereocenters. The lowest BCUT2D eigenvalue weighted by Crippen LogP contribution is -2.31. The van der Waals surface area contributed by atoms with Gasteiger partial charge in [0.2, 0.25) is 11.8 Å². The van der Waals surface area contributed by atoms with E-state index in [1.165, 1.54) is 16.7 Å². The molecule has 0 unspecified atom stereocenters. The van der Waals surface area contributed by atoms with E-state index in [0.29, 0.717) is 28.2 Å². The molecule has 33 heavy (non-hydrogen) atoms. The number of imide groups is 1. The highest BCUT2D eigenvalue weighted by Crippen LogP contribution is 2.31. The van der Waals surface area contributed by atoms with Gasteiger partial charge in [0.15, 0.2) is 5.17 Å². The van der Waals surface area contributed by atoms with Crippen molar-refractivity contribution in [1.29, 1.82) is 0 Å². The molecule has 0 bridgehead atoms. The fourth-order valence-corrected chi connectivity index (χ4v) is 4.48. The highest BCUT2D eigenvalue weighted by molar-refractivity contribution is 8.15. The van der Waals surface area contributed by atoms with E-state index < -0.39 is 5.25 Å². The second-order valence-corrected chi connectivity index (χ2v) is 8.94. The van der Waals surface area contributed by atoms with Gasteiger partial charge in [0.25, 0.3) is 0 Å². The van der Waals surface area contributed by atoms with Gasteiger partial charge in [0.1, 0.15) is 11.0 Å². The maximum atomic E-state index is 13.1. The monoisotopic (exact) mass is 479 g/mol. The molecule has 1 fully saturated rings. The summed E-state index contributed by atoms with van der Waals surface area (Å²) >= 11 is 7.24. The van der Waals surface area contributed by atoms with Crippen LogP contribution in [0.1, 0.15) is 12.0 Å². The average molecular weight is 480 g/mol. The predicted octanol–water partition coefficient (Wildman–Crippen LogP) is 5.38. The topological polar surface area (TPSA) is 71.0 Å². The van der Waals surface area contributed by atoms with Crippen molar-refractivity contribution in [1.82, 2.24) is 0 Å². The molecule has 3 aromatic rings. The molecule has 1 aliphatic heterocycles. The predicted molar refractivity (Wildman–Crippen MR) is 134 cm³/mol. The number of rotatable bonds is 6. The Bertz CT molecular complexity index is 1150. The Morgan fingerprint density at radius 1 is 1.06 bits per heavy atom. The van der Waals surface area contributed by atoms with Gasteiger partial charge in [-0.15, -0.1) is 0 Å². The van der Waals surface area contributed by atoms with Crippen LogP contribution in [0.15, 0.2) is 83.9 Å². The Hall–Kier alpha value is -3.29. The Kier molecular flexibility index (Phi) is 7.32. The SMILES string of the molecule is COc1ccc(N2C(=O)C[C@H](SC(=NCc3ccc(Cl)cc3)Nc3ccccc3)C2=O)cc1. The quantitative estimate of drug-likeness (QED) is 0.292. The number of hydrogen-bond acceptors (Lipinski definition) is 5. The van der Waals surface area contributed by atoms with Crippen molar-refractivity contribution in [3.05, 3.63) is 89.4 Å². The van der Waals surface area contributed by atoms with Crippen LogP contribution >= 0.6 is 23.4 Å². The van der Waals surface area contributed by atoms with Crippen molar-refractivity contribution in [2.75, 3.05) is 17.3 Å². The van der Waals surface area contributed by atoms with Gasteiger partial charge in [-0.1, -0.05) is 53.7 Å². The van der Waals surface area contributed by atoms with Crippen molar-refractivity contribution in [2.24, 2.45) is 4.99 Å². The molecule has 4 rings (SSSR count). The summed E-state index contributed by atoms with van der Waals surface area (Å²) in [7, 11) is 1.57. The minimum Gasteiger partial charge on any atom is -0.497 e. The molecule has 3 aromatic carbocycles. The number of nitrogens with one attached hydrogen (secondary N) is 1. The van der Waals surface area contributed by atoms with Crippen LogP contribution in [0.2, 0.25) is 5.02 Å². The van der Waals surface area contributed by atoms with E-state index in [1.54, 1.807) is 31.4 Å². The largest absolute Gasteiger partial charge is 0.497 e. The summed E-state index contributed by atoms with van der Waals surface area (Å²) < 4.78 is 5.16. The smallest absolute Gasteiger partial charge is 0.247 e. The third kappa shape index (κ3) is 5.74. The molecule has 0 saturated carbocycles. The summed E-state index contributed by atoms with van der Waals surface area (Å²) in [5.74, 6) is 0.163. The number of anilines is 2. The molecule has 2 amide bonds. The highest BCUT2D eigenvalue weighted by atomic mass is 35.5. The van der Waals surface area contributed by atoms with E-state index in [4.69, 9.17) is 16.3 Å². The molecule has 8 heteroatoms. The van der Waals surface area contributed by atoms with Crippen LogP contribution in [0.3, 0.4) is 0 Å². The Morgan fingerprint density at radius 2 is 1.76 bits per heavy atom. The second kappa shape index (κ2) is 10.6. The van der Waals surface area contributed by atoms with Crippen LogP contribution < -0.4 is 15.0 Å². The van der Waals surface area contributed by atoms with Gasteiger partial charge in [-0.3, -0.25) is 14.6 Å². The van der Waals surface area contributed by atoms with Crippen LogP contribution in [0.4, 0.5) is 11.4 Å². The average Bonchev–Trinajstić information content (AvgIpc) is 3.11. The zero-order valence-electron chi connectivity index (χ0n) is 17.9. The Labute approximate surface area is 201 Å². The standard InChI is InChI=1S/C25H22ClN3O3S/c1-32-21-13-11-20(12-14-21)29-23(30)15-22(24(29)31)33-25(28-19-5-3-2-4-6-19)27-16-17-7-9-18(26)10-8-17/h2-14,22H,15-16H2,1H3,(H,27,28)/t22-/m0/s1. The number of methoxy groups -OCH3 is 1. The van der Waals surface area contributed by atoms with Crippen LogP contribution in [-0.2, 0) is 16.1 Å². The molecular weight excluding hydrogens is 458 g/mol. The number of amidine groups is 1. The maximum Gasteiger partial charge on any atom is 0.247 e. The van der Waals surface area contributed by atoms with Gasteiger partial charge in [-0.2, -0.15) is 0 Å². The summed E-state index contributed by atoms with van der Waals surface area (Å²) in [5, 5.41) is 3.94. The molecular formula is C25H22ClN3O3S. The number of aliphatic imine (C=N–C) groups is 1. The molecule has 168 valence electrons. The number of carbonyl (C=O) groups excluding carboxylic acids is 2. The maximum absolute atomic E-state index is 13.1. The van der Waals surface area contributed by atoms with E-state index in [9.17, 15) is 9.59 Å². The molecule has 0 aromatic heterocycles. The summed E-state index contributed by atoms with van der Waals surface area (Å²) in [4.78, 5) is 31.7. The van der Waals surface area contributed by atoms with Crippen LogP contribution in [-0.4, -0.2) is 29.3 Å². The van der Waals surface area contributed by atoms with Gasteiger partial charge >= 0.3 is 0 Å². The molecule has 1 saturated heterocycles. The fourth-order valence-electron chi connectivity index (χ4n) is 3.34. The van der Waals surface area contributed by atoms with Gasteiger partial charge in [-0.25, -0.2) is 4.90 Å². The number of nitrogens with zero attached hydrogens (tertiary/aromatic N) is 2. The van der Waals surface area contributed by atoms with E-state index in [2.05, 4.69) is 10.3 Å². The first-order chi connectivity index (χ1) is 16.0. The third-order valence-corrected chi connectivity index (χ3v) is 6.39. The lowest BCUT2D eigenvalue weighted by molar-refractivity contribution is -0.121. The lowest BCUT2D eigenvalue weighted by Gasteiger charge is -2.16. The molecule has 6 nitrogen and oxygen atoms in total. The van der Waals surface area contributed by atoms with Crippen LogP contribution in [0, 0.1) is 0 Å².